The highest BCUT2D eigenvalue weighted by atomic mass is 32.1. The molecule has 0 bridgehead atoms. The number of amides is 1. The van der Waals surface area contributed by atoms with Gasteiger partial charge in [0.25, 0.3) is 11.8 Å². The maximum Gasteiger partial charge on any atom is 0.338 e. The summed E-state index contributed by atoms with van der Waals surface area (Å²) in [5.41, 5.74) is 0.563. The highest BCUT2D eigenvalue weighted by molar-refractivity contribution is 7.13. The van der Waals surface area contributed by atoms with E-state index in [1.807, 2.05) is 30.5 Å². The monoisotopic (exact) mass is 410 g/mol. The second-order valence-electron chi connectivity index (χ2n) is 6.06. The number of aromatic nitrogens is 2. The van der Waals surface area contributed by atoms with Gasteiger partial charge in [-0.25, -0.2) is 4.79 Å². The van der Waals surface area contributed by atoms with Gasteiger partial charge in [-0.2, -0.15) is 5.26 Å². The fourth-order valence-corrected chi connectivity index (χ4v) is 3.20. The molecule has 9 heteroatoms. The minimum Gasteiger partial charge on any atom is -0.452 e. The van der Waals surface area contributed by atoms with E-state index in [0.717, 1.165) is 11.3 Å². The Morgan fingerprint density at radius 3 is 2.86 bits per heavy atom. The molecule has 0 aliphatic rings. The van der Waals surface area contributed by atoms with E-state index < -0.39 is 12.6 Å². The van der Waals surface area contributed by atoms with Crippen molar-refractivity contribution < 1.29 is 18.7 Å². The summed E-state index contributed by atoms with van der Waals surface area (Å²) < 4.78 is 10.7. The second-order valence-corrected chi connectivity index (χ2v) is 7.01. The number of hydrogen-bond donors (Lipinski definition) is 0. The van der Waals surface area contributed by atoms with Crippen molar-refractivity contribution in [2.75, 3.05) is 13.2 Å². The molecule has 148 valence electrons. The fraction of sp³-hybridized carbons (Fsp3) is 0.250. The molecule has 0 aliphatic heterocycles. The van der Waals surface area contributed by atoms with Crippen molar-refractivity contribution in [1.29, 1.82) is 5.26 Å². The summed E-state index contributed by atoms with van der Waals surface area (Å²) in [4.78, 5) is 27.0. The largest absolute Gasteiger partial charge is 0.452 e. The fourth-order valence-electron chi connectivity index (χ4n) is 2.56. The molecule has 0 N–H and O–H groups in total. The summed E-state index contributed by atoms with van der Waals surface area (Å²) in [5, 5.41) is 18.8. The van der Waals surface area contributed by atoms with Crippen LogP contribution in [-0.2, 0) is 16.1 Å². The Hall–Kier alpha value is -3.51. The van der Waals surface area contributed by atoms with Crippen molar-refractivity contribution in [3.63, 3.8) is 0 Å². The third kappa shape index (κ3) is 5.27. The topological polar surface area (TPSA) is 109 Å². The predicted octanol–water partition coefficient (Wildman–Crippen LogP) is 3.27. The van der Waals surface area contributed by atoms with Gasteiger partial charge in [-0.3, -0.25) is 4.79 Å². The zero-order chi connectivity index (χ0) is 20.6. The number of rotatable bonds is 8. The first-order chi connectivity index (χ1) is 14.1. The van der Waals surface area contributed by atoms with E-state index in [4.69, 9.17) is 14.4 Å². The van der Waals surface area contributed by atoms with E-state index in [1.54, 1.807) is 12.1 Å². The molecule has 0 spiro atoms. The maximum absolute atomic E-state index is 12.5. The molecule has 0 fully saturated rings. The number of benzene rings is 1. The van der Waals surface area contributed by atoms with Crippen molar-refractivity contribution in [2.24, 2.45) is 0 Å². The zero-order valence-electron chi connectivity index (χ0n) is 15.7. The smallest absolute Gasteiger partial charge is 0.338 e. The van der Waals surface area contributed by atoms with Gasteiger partial charge in [0.2, 0.25) is 5.89 Å². The number of carbonyl (C=O) groups is 2. The van der Waals surface area contributed by atoms with E-state index in [2.05, 4.69) is 10.2 Å². The normalized spacial score (nSPS) is 10.3. The van der Waals surface area contributed by atoms with Gasteiger partial charge in [0, 0.05) is 6.54 Å². The molecule has 0 saturated heterocycles. The van der Waals surface area contributed by atoms with Crippen molar-refractivity contribution in [1.82, 2.24) is 15.1 Å². The molecule has 0 radical (unpaired) electrons. The summed E-state index contributed by atoms with van der Waals surface area (Å²) in [6, 6.07) is 11.8. The Morgan fingerprint density at radius 1 is 1.28 bits per heavy atom. The lowest BCUT2D eigenvalue weighted by Gasteiger charge is -2.20. The van der Waals surface area contributed by atoms with Crippen LogP contribution in [-0.4, -0.2) is 40.1 Å². The Balaban J connectivity index is 1.60. The Kier molecular flexibility index (Phi) is 6.71. The molecule has 0 unspecified atom stereocenters. The van der Waals surface area contributed by atoms with Crippen molar-refractivity contribution in [3.05, 3.63) is 58.8 Å². The molecule has 2 heterocycles. The average molecular weight is 410 g/mol. The molecular formula is C20H18N4O4S. The average Bonchev–Trinajstić information content (AvgIpc) is 3.43. The van der Waals surface area contributed by atoms with Gasteiger partial charge in [0.05, 0.1) is 28.6 Å². The van der Waals surface area contributed by atoms with Crippen LogP contribution in [0.1, 0.15) is 35.2 Å². The number of hydrogen-bond acceptors (Lipinski definition) is 8. The van der Waals surface area contributed by atoms with Gasteiger partial charge in [0.15, 0.2) is 6.61 Å². The molecular weight excluding hydrogens is 392 g/mol. The number of nitriles is 1. The second kappa shape index (κ2) is 9.61. The van der Waals surface area contributed by atoms with Crippen molar-refractivity contribution in [3.8, 4) is 16.8 Å². The lowest BCUT2D eigenvalue weighted by atomic mass is 10.1. The molecule has 0 saturated carbocycles. The van der Waals surface area contributed by atoms with Gasteiger partial charge in [0.1, 0.15) is 0 Å². The van der Waals surface area contributed by atoms with Crippen LogP contribution in [0.2, 0.25) is 0 Å². The van der Waals surface area contributed by atoms with Gasteiger partial charge in [-0.1, -0.05) is 19.1 Å². The van der Waals surface area contributed by atoms with Crippen LogP contribution >= 0.6 is 11.3 Å². The summed E-state index contributed by atoms with van der Waals surface area (Å²) in [6.07, 6.45) is 0.718. The van der Waals surface area contributed by atoms with Crippen LogP contribution in [0.25, 0.3) is 10.8 Å². The molecule has 0 atom stereocenters. The molecule has 1 amide bonds. The molecule has 3 rings (SSSR count). The number of thiophene rings is 1. The van der Waals surface area contributed by atoms with E-state index in [9.17, 15) is 9.59 Å². The molecule has 0 aliphatic carbocycles. The lowest BCUT2D eigenvalue weighted by molar-refractivity contribution is -0.135. The molecule has 3 aromatic rings. The van der Waals surface area contributed by atoms with Gasteiger partial charge >= 0.3 is 5.97 Å². The van der Waals surface area contributed by atoms with Gasteiger partial charge in [-0.05, 0) is 36.1 Å². The van der Waals surface area contributed by atoms with E-state index >= 15 is 0 Å². The first-order valence-corrected chi connectivity index (χ1v) is 9.80. The maximum atomic E-state index is 12.5. The van der Waals surface area contributed by atoms with Gasteiger partial charge < -0.3 is 14.1 Å². The number of carbonyl (C=O) groups excluding carboxylic acids is 2. The van der Waals surface area contributed by atoms with Gasteiger partial charge in [-0.15, -0.1) is 21.5 Å². The summed E-state index contributed by atoms with van der Waals surface area (Å²) in [5.74, 6) is -0.317. The van der Waals surface area contributed by atoms with Crippen LogP contribution < -0.4 is 0 Å². The van der Waals surface area contributed by atoms with Crippen LogP contribution in [0.3, 0.4) is 0 Å². The summed E-state index contributed by atoms with van der Waals surface area (Å²) in [7, 11) is 0. The Labute approximate surface area is 171 Å². The van der Waals surface area contributed by atoms with Crippen LogP contribution in [0.4, 0.5) is 0 Å². The Bertz CT molecular complexity index is 1020. The number of esters is 1. The third-order valence-corrected chi connectivity index (χ3v) is 4.78. The minimum absolute atomic E-state index is 0.131. The van der Waals surface area contributed by atoms with E-state index in [1.165, 1.54) is 28.4 Å². The molecule has 1 aromatic carbocycles. The quantitative estimate of drug-likeness (QED) is 0.524. The minimum atomic E-state index is -0.662. The van der Waals surface area contributed by atoms with Crippen LogP contribution in [0.5, 0.6) is 0 Å². The van der Waals surface area contributed by atoms with E-state index in [0.29, 0.717) is 23.9 Å². The van der Waals surface area contributed by atoms with Crippen LogP contribution in [0.15, 0.2) is 46.2 Å². The summed E-state index contributed by atoms with van der Waals surface area (Å²) >= 11 is 1.48. The lowest BCUT2D eigenvalue weighted by Crippen LogP contribution is -2.35. The SMILES string of the molecule is CCCN(Cc1nnc(-c2cccs2)o1)C(=O)COC(=O)c1cccc(C#N)c1. The molecule has 29 heavy (non-hydrogen) atoms. The van der Waals surface area contributed by atoms with Crippen molar-refractivity contribution in [2.45, 2.75) is 19.9 Å². The predicted molar refractivity (Wildman–Crippen MR) is 105 cm³/mol. The standard InChI is InChI=1S/C20H18N4O4S/c1-2-8-24(12-17-22-23-19(28-17)16-7-4-9-29-16)18(25)13-27-20(26)15-6-3-5-14(10-15)11-21/h3-7,9-10H,2,8,12-13H2,1H3. The first kappa shape index (κ1) is 20.2. The highest BCUT2D eigenvalue weighted by Gasteiger charge is 2.19. The summed E-state index contributed by atoms with van der Waals surface area (Å²) in [6.45, 7) is 2.11. The third-order valence-electron chi connectivity index (χ3n) is 3.93. The number of ether oxygens (including phenoxy) is 1. The van der Waals surface area contributed by atoms with Crippen molar-refractivity contribution >= 4 is 23.2 Å². The van der Waals surface area contributed by atoms with Crippen LogP contribution in [0, 0.1) is 11.3 Å². The first-order valence-electron chi connectivity index (χ1n) is 8.92. The highest BCUT2D eigenvalue weighted by Crippen LogP contribution is 2.23. The molecule has 2 aromatic heterocycles. The Morgan fingerprint density at radius 2 is 2.14 bits per heavy atom. The number of nitrogens with zero attached hydrogens (tertiary/aromatic N) is 4. The van der Waals surface area contributed by atoms with E-state index in [-0.39, 0.29) is 18.0 Å². The zero-order valence-corrected chi connectivity index (χ0v) is 16.5. The molecule has 8 nitrogen and oxygen atoms in total.